The summed E-state index contributed by atoms with van der Waals surface area (Å²) in [5.41, 5.74) is 0.604. The molecule has 0 spiro atoms. The lowest BCUT2D eigenvalue weighted by Gasteiger charge is -2.16. The number of nitrogens with zero attached hydrogens (tertiary/aromatic N) is 2. The molecule has 0 fully saturated rings. The zero-order valence-corrected chi connectivity index (χ0v) is 12.5. The van der Waals surface area contributed by atoms with Crippen molar-refractivity contribution in [1.29, 1.82) is 5.26 Å². The van der Waals surface area contributed by atoms with Gasteiger partial charge in [-0.15, -0.1) is 0 Å². The number of carbonyl (C=O) groups excluding carboxylic acids is 1. The van der Waals surface area contributed by atoms with E-state index < -0.39 is 0 Å². The largest absolute Gasteiger partial charge is 0.492 e. The maximum atomic E-state index is 11.6. The summed E-state index contributed by atoms with van der Waals surface area (Å²) in [6.45, 7) is 2.47. The van der Waals surface area contributed by atoms with Gasteiger partial charge in [0.25, 0.3) is 0 Å². The van der Waals surface area contributed by atoms with E-state index in [1.807, 2.05) is 11.9 Å². The Labute approximate surface area is 125 Å². The van der Waals surface area contributed by atoms with Gasteiger partial charge >= 0.3 is 0 Å². The lowest BCUT2D eigenvalue weighted by Crippen LogP contribution is -2.38. The SMILES string of the molecule is COCCNC(=O)CN(C)CCOc1ccc(C#N)cc1. The van der Waals surface area contributed by atoms with E-state index in [-0.39, 0.29) is 5.91 Å². The van der Waals surface area contributed by atoms with Crippen LogP contribution in [0.1, 0.15) is 5.56 Å². The molecule has 114 valence electrons. The van der Waals surface area contributed by atoms with Crippen molar-refractivity contribution < 1.29 is 14.3 Å². The molecule has 1 N–H and O–H groups in total. The van der Waals surface area contributed by atoms with Crippen molar-refractivity contribution >= 4 is 5.91 Å². The van der Waals surface area contributed by atoms with Crippen molar-refractivity contribution in [3.8, 4) is 11.8 Å². The molecule has 0 aliphatic carbocycles. The number of amides is 1. The van der Waals surface area contributed by atoms with Crippen LogP contribution in [0.15, 0.2) is 24.3 Å². The van der Waals surface area contributed by atoms with Crippen LogP contribution in [0.2, 0.25) is 0 Å². The smallest absolute Gasteiger partial charge is 0.234 e. The summed E-state index contributed by atoms with van der Waals surface area (Å²) < 4.78 is 10.4. The first-order valence-corrected chi connectivity index (χ1v) is 6.73. The van der Waals surface area contributed by atoms with Gasteiger partial charge in [0.2, 0.25) is 5.91 Å². The van der Waals surface area contributed by atoms with E-state index in [4.69, 9.17) is 14.7 Å². The second-order valence-corrected chi connectivity index (χ2v) is 4.57. The Hall–Kier alpha value is -2.10. The predicted octanol–water partition coefficient (Wildman–Crippen LogP) is 0.631. The van der Waals surface area contributed by atoms with Crippen LogP contribution in [0.4, 0.5) is 0 Å². The van der Waals surface area contributed by atoms with Gasteiger partial charge in [0.05, 0.1) is 24.8 Å². The molecule has 0 bridgehead atoms. The first-order chi connectivity index (χ1) is 10.2. The number of likely N-dealkylation sites (N-methyl/N-ethyl adjacent to an activating group) is 1. The van der Waals surface area contributed by atoms with E-state index >= 15 is 0 Å². The van der Waals surface area contributed by atoms with Crippen LogP contribution in [0.3, 0.4) is 0 Å². The van der Waals surface area contributed by atoms with Gasteiger partial charge in [-0.2, -0.15) is 5.26 Å². The molecule has 1 aromatic rings. The Morgan fingerprint density at radius 2 is 2.05 bits per heavy atom. The van der Waals surface area contributed by atoms with Gasteiger partial charge in [-0.3, -0.25) is 9.69 Å². The summed E-state index contributed by atoms with van der Waals surface area (Å²) >= 11 is 0. The molecule has 0 aliphatic rings. The molecule has 1 rings (SSSR count). The molecule has 0 atom stereocenters. The Balaban J connectivity index is 2.19. The lowest BCUT2D eigenvalue weighted by molar-refractivity contribution is -0.122. The highest BCUT2D eigenvalue weighted by atomic mass is 16.5. The molecule has 21 heavy (non-hydrogen) atoms. The fourth-order valence-electron chi connectivity index (χ4n) is 1.62. The molecule has 1 aromatic carbocycles. The zero-order chi connectivity index (χ0) is 15.5. The first kappa shape index (κ1) is 17.0. The Morgan fingerprint density at radius 3 is 2.67 bits per heavy atom. The molecule has 0 heterocycles. The average molecular weight is 291 g/mol. The predicted molar refractivity (Wildman–Crippen MR) is 79.0 cm³/mol. The number of carbonyl (C=O) groups is 1. The third-order valence-electron chi connectivity index (χ3n) is 2.77. The first-order valence-electron chi connectivity index (χ1n) is 6.73. The summed E-state index contributed by atoms with van der Waals surface area (Å²) in [5, 5.41) is 11.5. The fraction of sp³-hybridized carbons (Fsp3) is 0.467. The quantitative estimate of drug-likeness (QED) is 0.676. The summed E-state index contributed by atoms with van der Waals surface area (Å²) in [6.07, 6.45) is 0. The van der Waals surface area contributed by atoms with Crippen LogP contribution in [-0.2, 0) is 9.53 Å². The minimum atomic E-state index is -0.0343. The van der Waals surface area contributed by atoms with Gasteiger partial charge < -0.3 is 14.8 Å². The molecular formula is C15H21N3O3. The van der Waals surface area contributed by atoms with Crippen molar-refractivity contribution in [3.63, 3.8) is 0 Å². The van der Waals surface area contributed by atoms with Crippen molar-refractivity contribution in [2.24, 2.45) is 0 Å². The molecule has 6 nitrogen and oxygen atoms in total. The molecule has 0 aromatic heterocycles. The highest BCUT2D eigenvalue weighted by Gasteiger charge is 2.06. The monoisotopic (exact) mass is 291 g/mol. The summed E-state index contributed by atoms with van der Waals surface area (Å²) in [6, 6.07) is 8.99. The summed E-state index contributed by atoms with van der Waals surface area (Å²) in [4.78, 5) is 13.4. The Bertz CT molecular complexity index is 468. The van der Waals surface area contributed by atoms with Crippen molar-refractivity contribution in [2.75, 3.05) is 47.0 Å². The van der Waals surface area contributed by atoms with E-state index in [1.54, 1.807) is 31.4 Å². The molecule has 0 unspecified atom stereocenters. The average Bonchev–Trinajstić information content (AvgIpc) is 2.48. The highest BCUT2D eigenvalue weighted by molar-refractivity contribution is 5.77. The molecular weight excluding hydrogens is 270 g/mol. The summed E-state index contributed by atoms with van der Waals surface area (Å²) in [5.74, 6) is 0.680. The summed E-state index contributed by atoms with van der Waals surface area (Å²) in [7, 11) is 3.46. The second-order valence-electron chi connectivity index (χ2n) is 4.57. The van der Waals surface area contributed by atoms with Gasteiger partial charge in [0, 0.05) is 20.2 Å². The topological polar surface area (TPSA) is 74.6 Å². The third-order valence-corrected chi connectivity index (χ3v) is 2.77. The van der Waals surface area contributed by atoms with Crippen LogP contribution in [0.5, 0.6) is 5.75 Å². The molecule has 0 aliphatic heterocycles. The van der Waals surface area contributed by atoms with Gasteiger partial charge in [-0.1, -0.05) is 0 Å². The van der Waals surface area contributed by atoms with Crippen LogP contribution in [0.25, 0.3) is 0 Å². The van der Waals surface area contributed by atoms with Gasteiger partial charge in [0.1, 0.15) is 12.4 Å². The maximum Gasteiger partial charge on any atom is 0.234 e. The van der Waals surface area contributed by atoms with Crippen LogP contribution in [-0.4, -0.2) is 57.8 Å². The number of methoxy groups -OCH3 is 1. The third kappa shape index (κ3) is 7.30. The Morgan fingerprint density at radius 1 is 1.33 bits per heavy atom. The van der Waals surface area contributed by atoms with Crippen LogP contribution in [0, 0.1) is 11.3 Å². The van der Waals surface area contributed by atoms with E-state index in [0.29, 0.717) is 44.2 Å². The molecule has 1 amide bonds. The van der Waals surface area contributed by atoms with Crippen molar-refractivity contribution in [2.45, 2.75) is 0 Å². The normalized spacial score (nSPS) is 10.2. The van der Waals surface area contributed by atoms with Crippen LogP contribution >= 0.6 is 0 Å². The van der Waals surface area contributed by atoms with Crippen molar-refractivity contribution in [3.05, 3.63) is 29.8 Å². The minimum Gasteiger partial charge on any atom is -0.492 e. The number of nitrogens with one attached hydrogen (secondary N) is 1. The fourth-order valence-corrected chi connectivity index (χ4v) is 1.62. The van der Waals surface area contributed by atoms with Crippen LogP contribution < -0.4 is 10.1 Å². The lowest BCUT2D eigenvalue weighted by atomic mass is 10.2. The minimum absolute atomic E-state index is 0.0343. The second kappa shape index (κ2) is 9.75. The maximum absolute atomic E-state index is 11.6. The highest BCUT2D eigenvalue weighted by Crippen LogP contribution is 2.11. The van der Waals surface area contributed by atoms with Gasteiger partial charge in [0.15, 0.2) is 0 Å². The van der Waals surface area contributed by atoms with E-state index in [0.717, 1.165) is 0 Å². The molecule has 0 radical (unpaired) electrons. The number of ether oxygens (including phenoxy) is 2. The zero-order valence-electron chi connectivity index (χ0n) is 12.5. The van der Waals surface area contributed by atoms with Gasteiger partial charge in [-0.05, 0) is 31.3 Å². The van der Waals surface area contributed by atoms with E-state index in [1.165, 1.54) is 0 Å². The van der Waals surface area contributed by atoms with Crippen molar-refractivity contribution in [1.82, 2.24) is 10.2 Å². The molecule has 6 heteroatoms. The number of hydrogen-bond donors (Lipinski definition) is 1. The molecule has 0 saturated heterocycles. The number of benzene rings is 1. The van der Waals surface area contributed by atoms with Gasteiger partial charge in [-0.25, -0.2) is 0 Å². The number of nitriles is 1. The number of rotatable bonds is 9. The standard InChI is InChI=1S/C15H21N3O3/c1-18(12-15(19)17-7-9-20-2)8-10-21-14-5-3-13(11-16)4-6-14/h3-6H,7-10,12H2,1-2H3,(H,17,19). The molecule has 0 saturated carbocycles. The Kier molecular flexibility index (Phi) is 7.87. The number of hydrogen-bond acceptors (Lipinski definition) is 5. The van der Waals surface area contributed by atoms with E-state index in [2.05, 4.69) is 11.4 Å². The van der Waals surface area contributed by atoms with E-state index in [9.17, 15) is 4.79 Å².